The Kier molecular flexibility index (Phi) is 3.97. The fraction of sp³-hybridized carbons (Fsp3) is 0.286. The maximum absolute atomic E-state index is 4.74. The SMILES string of the molecule is C(=C\C1CCCCC1)/c1nc2cc(-c3ccccc3)ccc2[nH]1. The lowest BCUT2D eigenvalue weighted by atomic mass is 9.89. The highest BCUT2D eigenvalue weighted by atomic mass is 14.9. The first kappa shape index (κ1) is 14.3. The fourth-order valence-corrected chi connectivity index (χ4v) is 3.47. The third-order valence-electron chi connectivity index (χ3n) is 4.78. The summed E-state index contributed by atoms with van der Waals surface area (Å²) in [6.45, 7) is 0. The van der Waals surface area contributed by atoms with Gasteiger partial charge in [-0.15, -0.1) is 0 Å². The van der Waals surface area contributed by atoms with Crippen LogP contribution in [0, 0.1) is 5.92 Å². The highest BCUT2D eigenvalue weighted by Gasteiger charge is 2.10. The lowest BCUT2D eigenvalue weighted by Crippen LogP contribution is -2.02. The van der Waals surface area contributed by atoms with Crippen molar-refractivity contribution in [1.82, 2.24) is 9.97 Å². The lowest BCUT2D eigenvalue weighted by Gasteiger charge is -2.17. The molecular formula is C21H22N2. The Morgan fingerprint density at radius 2 is 1.74 bits per heavy atom. The molecule has 0 spiro atoms. The second kappa shape index (κ2) is 6.41. The van der Waals surface area contributed by atoms with E-state index in [4.69, 9.17) is 4.98 Å². The van der Waals surface area contributed by atoms with Crippen LogP contribution in [-0.2, 0) is 0 Å². The average molecular weight is 302 g/mol. The number of H-pyrrole nitrogens is 1. The lowest BCUT2D eigenvalue weighted by molar-refractivity contribution is 0.420. The minimum absolute atomic E-state index is 0.733. The number of aromatic amines is 1. The molecule has 1 fully saturated rings. The minimum Gasteiger partial charge on any atom is -0.338 e. The molecule has 0 unspecified atom stereocenters. The summed E-state index contributed by atoms with van der Waals surface area (Å²) in [4.78, 5) is 8.16. The number of hydrogen-bond donors (Lipinski definition) is 1. The van der Waals surface area contributed by atoms with Crippen molar-refractivity contribution in [3.05, 3.63) is 60.4 Å². The molecule has 2 nitrogen and oxygen atoms in total. The van der Waals surface area contributed by atoms with Gasteiger partial charge in [0, 0.05) is 0 Å². The Morgan fingerprint density at radius 3 is 2.57 bits per heavy atom. The average Bonchev–Trinajstić information content (AvgIpc) is 3.04. The Bertz CT molecular complexity index is 808. The summed E-state index contributed by atoms with van der Waals surface area (Å²) in [6, 6.07) is 16.9. The number of nitrogens with zero attached hydrogens (tertiary/aromatic N) is 1. The van der Waals surface area contributed by atoms with Crippen LogP contribution in [-0.4, -0.2) is 9.97 Å². The molecule has 0 aliphatic heterocycles. The van der Waals surface area contributed by atoms with Gasteiger partial charge in [0.1, 0.15) is 5.82 Å². The van der Waals surface area contributed by atoms with E-state index in [1.807, 2.05) is 6.07 Å². The fourth-order valence-electron chi connectivity index (χ4n) is 3.47. The van der Waals surface area contributed by atoms with Crippen molar-refractivity contribution < 1.29 is 0 Å². The van der Waals surface area contributed by atoms with E-state index in [2.05, 4.69) is 59.6 Å². The van der Waals surface area contributed by atoms with E-state index in [1.165, 1.54) is 43.2 Å². The zero-order valence-electron chi connectivity index (χ0n) is 13.3. The van der Waals surface area contributed by atoms with E-state index in [-0.39, 0.29) is 0 Å². The Morgan fingerprint density at radius 1 is 0.913 bits per heavy atom. The topological polar surface area (TPSA) is 28.7 Å². The normalized spacial score (nSPS) is 16.3. The smallest absolute Gasteiger partial charge is 0.130 e. The van der Waals surface area contributed by atoms with Gasteiger partial charge in [-0.2, -0.15) is 0 Å². The molecule has 1 saturated carbocycles. The molecule has 116 valence electrons. The van der Waals surface area contributed by atoms with Crippen LogP contribution >= 0.6 is 0 Å². The van der Waals surface area contributed by atoms with E-state index in [0.29, 0.717) is 0 Å². The van der Waals surface area contributed by atoms with Crippen LogP contribution in [0.3, 0.4) is 0 Å². The molecule has 1 heterocycles. The van der Waals surface area contributed by atoms with Gasteiger partial charge < -0.3 is 4.98 Å². The summed E-state index contributed by atoms with van der Waals surface area (Å²) in [6.07, 6.45) is 11.3. The Hall–Kier alpha value is -2.35. The number of benzene rings is 2. The van der Waals surface area contributed by atoms with E-state index in [1.54, 1.807) is 0 Å². The van der Waals surface area contributed by atoms with Gasteiger partial charge in [-0.05, 0) is 48.1 Å². The summed E-state index contributed by atoms with van der Waals surface area (Å²) >= 11 is 0. The zero-order chi connectivity index (χ0) is 15.5. The standard InChI is InChI=1S/C21H22N2/c1-3-7-16(8-4-1)11-14-21-22-19-13-12-18(15-20(19)23-21)17-9-5-2-6-10-17/h2,5-6,9-16H,1,3-4,7-8H2,(H,22,23)/b14-11+. The van der Waals surface area contributed by atoms with Crippen molar-refractivity contribution in [2.75, 3.05) is 0 Å². The summed E-state index contributed by atoms with van der Waals surface area (Å²) in [5.74, 6) is 1.70. The van der Waals surface area contributed by atoms with E-state index >= 15 is 0 Å². The van der Waals surface area contributed by atoms with Crippen molar-refractivity contribution in [2.45, 2.75) is 32.1 Å². The molecule has 1 N–H and O–H groups in total. The van der Waals surface area contributed by atoms with Crippen LogP contribution in [0.1, 0.15) is 37.9 Å². The molecule has 0 atom stereocenters. The van der Waals surface area contributed by atoms with Gasteiger partial charge in [0.2, 0.25) is 0 Å². The highest BCUT2D eigenvalue weighted by Crippen LogP contribution is 2.26. The first-order chi connectivity index (χ1) is 11.4. The van der Waals surface area contributed by atoms with Crippen LogP contribution in [0.5, 0.6) is 0 Å². The van der Waals surface area contributed by atoms with Gasteiger partial charge in [0.25, 0.3) is 0 Å². The van der Waals surface area contributed by atoms with Gasteiger partial charge in [0.15, 0.2) is 0 Å². The number of aromatic nitrogens is 2. The summed E-state index contributed by atoms with van der Waals surface area (Å²) < 4.78 is 0. The quantitative estimate of drug-likeness (QED) is 0.648. The maximum atomic E-state index is 4.74. The van der Waals surface area contributed by atoms with Crippen molar-refractivity contribution in [1.29, 1.82) is 0 Å². The molecular weight excluding hydrogens is 280 g/mol. The molecule has 1 aliphatic rings. The second-order valence-electron chi connectivity index (χ2n) is 6.48. The van der Waals surface area contributed by atoms with Gasteiger partial charge in [-0.1, -0.05) is 61.7 Å². The number of nitrogens with one attached hydrogen (secondary N) is 1. The van der Waals surface area contributed by atoms with E-state index in [9.17, 15) is 0 Å². The van der Waals surface area contributed by atoms with Crippen molar-refractivity contribution >= 4 is 17.1 Å². The molecule has 0 bridgehead atoms. The second-order valence-corrected chi connectivity index (χ2v) is 6.48. The van der Waals surface area contributed by atoms with Crippen molar-refractivity contribution in [2.24, 2.45) is 5.92 Å². The number of hydrogen-bond acceptors (Lipinski definition) is 1. The monoisotopic (exact) mass is 302 g/mol. The van der Waals surface area contributed by atoms with Gasteiger partial charge in [-0.3, -0.25) is 0 Å². The first-order valence-electron chi connectivity index (χ1n) is 8.62. The van der Waals surface area contributed by atoms with E-state index < -0.39 is 0 Å². The number of rotatable bonds is 3. The van der Waals surface area contributed by atoms with Gasteiger partial charge in [-0.25, -0.2) is 4.98 Å². The third kappa shape index (κ3) is 3.21. The Labute approximate surface area is 137 Å². The van der Waals surface area contributed by atoms with Gasteiger partial charge in [0.05, 0.1) is 11.0 Å². The molecule has 3 aromatic rings. The molecule has 2 heteroatoms. The molecule has 0 saturated heterocycles. The maximum Gasteiger partial charge on any atom is 0.130 e. The molecule has 1 aliphatic carbocycles. The van der Waals surface area contributed by atoms with Gasteiger partial charge >= 0.3 is 0 Å². The summed E-state index contributed by atoms with van der Waals surface area (Å²) in [5.41, 5.74) is 4.59. The highest BCUT2D eigenvalue weighted by molar-refractivity contribution is 5.82. The summed E-state index contributed by atoms with van der Waals surface area (Å²) in [5, 5.41) is 0. The van der Waals surface area contributed by atoms with E-state index in [0.717, 1.165) is 22.8 Å². The van der Waals surface area contributed by atoms with Crippen LogP contribution in [0.25, 0.3) is 28.2 Å². The Balaban J connectivity index is 1.59. The van der Waals surface area contributed by atoms with Crippen LogP contribution in [0.2, 0.25) is 0 Å². The number of allylic oxidation sites excluding steroid dienone is 1. The van der Waals surface area contributed by atoms with Crippen LogP contribution < -0.4 is 0 Å². The first-order valence-corrected chi connectivity index (χ1v) is 8.62. The van der Waals surface area contributed by atoms with Crippen molar-refractivity contribution in [3.8, 4) is 11.1 Å². The molecule has 2 aromatic carbocycles. The molecule has 0 amide bonds. The molecule has 0 radical (unpaired) electrons. The molecule has 23 heavy (non-hydrogen) atoms. The van der Waals surface area contributed by atoms with Crippen LogP contribution in [0.15, 0.2) is 54.6 Å². The predicted octanol–water partition coefficient (Wildman–Crippen LogP) is 5.82. The molecule has 1 aromatic heterocycles. The molecule has 4 rings (SSSR count). The minimum atomic E-state index is 0.733. The number of imidazole rings is 1. The van der Waals surface area contributed by atoms with Crippen LogP contribution in [0.4, 0.5) is 0 Å². The summed E-state index contributed by atoms with van der Waals surface area (Å²) in [7, 11) is 0. The predicted molar refractivity (Wildman–Crippen MR) is 97.1 cm³/mol. The van der Waals surface area contributed by atoms with Crippen molar-refractivity contribution in [3.63, 3.8) is 0 Å². The number of fused-ring (bicyclic) bond motifs is 1. The largest absolute Gasteiger partial charge is 0.338 e. The zero-order valence-corrected chi connectivity index (χ0v) is 13.3. The third-order valence-corrected chi connectivity index (χ3v) is 4.78.